The number of carbonyl (C=O) groups is 2. The molecule has 2 amide bonds. The Morgan fingerprint density at radius 1 is 1.02 bits per heavy atom. The van der Waals surface area contributed by atoms with E-state index in [1.54, 1.807) is 9.80 Å². The summed E-state index contributed by atoms with van der Waals surface area (Å²) in [6, 6.07) is 12.3. The van der Waals surface area contributed by atoms with Gasteiger partial charge < -0.3 is 24.3 Å². The largest absolute Gasteiger partial charge is 0.618 e. The molecular weight excluding hydrogens is 615 g/mol. The lowest BCUT2D eigenvalue weighted by Gasteiger charge is -2.40. The number of piperidine rings is 2. The van der Waals surface area contributed by atoms with Gasteiger partial charge in [0.2, 0.25) is 0 Å². The average molecular weight is 661 g/mol. The fraction of sp³-hybridized carbons (Fsp3) is 0.486. The van der Waals surface area contributed by atoms with Crippen molar-refractivity contribution >= 4 is 17.7 Å². The van der Waals surface area contributed by atoms with Gasteiger partial charge in [0.25, 0.3) is 5.91 Å². The summed E-state index contributed by atoms with van der Waals surface area (Å²) >= 11 is 0. The molecule has 0 N–H and O–H groups in total. The zero-order valence-electron chi connectivity index (χ0n) is 28.3. The maximum Gasteiger partial charge on any atom is 0.414 e. The number of hydrogen-bond acceptors (Lipinski definition) is 7. The van der Waals surface area contributed by atoms with Crippen molar-refractivity contribution in [1.29, 1.82) is 0 Å². The first-order valence-corrected chi connectivity index (χ1v) is 17.1. The fourth-order valence-corrected chi connectivity index (χ4v) is 7.35. The number of carbonyl (C=O) groups excluding carboxylic acids is 2. The number of halogens is 1. The van der Waals surface area contributed by atoms with Gasteiger partial charge in [0.1, 0.15) is 18.5 Å². The second-order valence-corrected chi connectivity index (χ2v) is 12.9. The Balaban J connectivity index is 1.07. The number of pyridine rings is 1. The molecule has 6 rings (SSSR count). The predicted molar refractivity (Wildman–Crippen MR) is 179 cm³/mol. The number of benzene rings is 2. The molecule has 2 saturated heterocycles. The molecule has 0 spiro atoms. The van der Waals surface area contributed by atoms with E-state index in [0.29, 0.717) is 51.7 Å². The van der Waals surface area contributed by atoms with E-state index in [9.17, 15) is 14.8 Å². The summed E-state index contributed by atoms with van der Waals surface area (Å²) in [6.45, 7) is 9.29. The number of anilines is 1. The van der Waals surface area contributed by atoms with Gasteiger partial charge in [-0.25, -0.2) is 9.18 Å². The number of likely N-dealkylation sites (tertiary alicyclic amines) is 2. The number of methoxy groups -OCH3 is 1. The van der Waals surface area contributed by atoms with Gasteiger partial charge in [-0.15, -0.1) is 0 Å². The molecule has 0 aliphatic carbocycles. The number of para-hydroxylation sites is 1. The number of cyclic esters (lactones) is 1. The smallest absolute Gasteiger partial charge is 0.414 e. The van der Waals surface area contributed by atoms with Crippen LogP contribution in [0.3, 0.4) is 0 Å². The van der Waals surface area contributed by atoms with Crippen molar-refractivity contribution in [3.8, 4) is 11.5 Å². The molecule has 0 radical (unpaired) electrons. The quantitative estimate of drug-likeness (QED) is 0.214. The van der Waals surface area contributed by atoms with Crippen LogP contribution in [-0.2, 0) is 30.7 Å². The lowest BCUT2D eigenvalue weighted by atomic mass is 9.99. The van der Waals surface area contributed by atoms with Crippen molar-refractivity contribution < 1.29 is 32.9 Å². The fourth-order valence-electron chi connectivity index (χ4n) is 7.35. The summed E-state index contributed by atoms with van der Waals surface area (Å²) in [4.78, 5) is 32.0. The second kappa shape index (κ2) is 14.4. The Kier molecular flexibility index (Phi) is 10.1. The van der Waals surface area contributed by atoms with Crippen LogP contribution in [0.2, 0.25) is 0 Å². The molecular formula is C37H45FN4O6. The van der Waals surface area contributed by atoms with Crippen LogP contribution in [0, 0.1) is 17.9 Å². The number of ether oxygens (including phenoxy) is 3. The number of hydrogen-bond donors (Lipinski definition) is 0. The number of aromatic nitrogens is 1. The molecule has 3 aromatic rings. The van der Waals surface area contributed by atoms with E-state index in [-0.39, 0.29) is 47.8 Å². The average Bonchev–Trinajstić information content (AvgIpc) is 3.11. The molecule has 3 aliphatic heterocycles. The Morgan fingerprint density at radius 3 is 2.44 bits per heavy atom. The molecule has 11 heteroatoms. The summed E-state index contributed by atoms with van der Waals surface area (Å²) in [6.07, 6.45) is 3.53. The van der Waals surface area contributed by atoms with E-state index < -0.39 is 5.82 Å². The molecule has 10 nitrogen and oxygen atoms in total. The summed E-state index contributed by atoms with van der Waals surface area (Å²) < 4.78 is 33.6. The number of nitrogens with zero attached hydrogens (tertiary/aromatic N) is 4. The lowest BCUT2D eigenvalue weighted by Crippen LogP contribution is -2.50. The first-order chi connectivity index (χ1) is 23.2. The molecule has 2 fully saturated rings. The molecule has 1 aromatic heterocycles. The topological polar surface area (TPSA) is 98.5 Å². The zero-order valence-corrected chi connectivity index (χ0v) is 28.3. The number of fused-ring (bicyclic) bond motifs is 1. The normalized spacial score (nSPS) is 17.6. The van der Waals surface area contributed by atoms with Crippen LogP contribution in [0.1, 0.15) is 78.0 Å². The Labute approximate surface area is 281 Å². The third kappa shape index (κ3) is 6.65. The van der Waals surface area contributed by atoms with Crippen LogP contribution in [0.15, 0.2) is 42.5 Å². The third-order valence-corrected chi connectivity index (χ3v) is 10.0. The molecule has 0 saturated carbocycles. The van der Waals surface area contributed by atoms with Crippen LogP contribution in [-0.4, -0.2) is 67.2 Å². The van der Waals surface area contributed by atoms with Gasteiger partial charge in [-0.3, -0.25) is 14.6 Å². The van der Waals surface area contributed by atoms with Crippen molar-refractivity contribution in [3.63, 3.8) is 0 Å². The van der Waals surface area contributed by atoms with E-state index in [1.807, 2.05) is 44.2 Å². The molecule has 3 aliphatic rings. The first kappa shape index (κ1) is 33.5. The van der Waals surface area contributed by atoms with Crippen molar-refractivity contribution in [2.75, 3.05) is 38.2 Å². The zero-order chi connectivity index (χ0) is 33.9. The van der Waals surface area contributed by atoms with E-state index in [2.05, 4.69) is 11.8 Å². The highest BCUT2D eigenvalue weighted by molar-refractivity contribution is 5.97. The monoisotopic (exact) mass is 660 g/mol. The van der Waals surface area contributed by atoms with Crippen molar-refractivity contribution in [2.24, 2.45) is 0 Å². The van der Waals surface area contributed by atoms with Gasteiger partial charge in [0, 0.05) is 75.4 Å². The number of amides is 2. The van der Waals surface area contributed by atoms with Gasteiger partial charge in [0.15, 0.2) is 23.0 Å². The van der Waals surface area contributed by atoms with Gasteiger partial charge in [-0.1, -0.05) is 32.0 Å². The molecule has 0 unspecified atom stereocenters. The first-order valence-electron chi connectivity index (χ1n) is 17.1. The SMILES string of the molecule is CCc1cc(C)[n+]([O-])c(CC)c1CN1CCC(Oc2cc(OC)c(C(=O)N3CCC(N4C(=O)OCc5ccccc54)CC3)cc2F)CC1. The standard InChI is InChI=1S/C37H45FN4O6/c1-5-25-19-24(3)42(45)32(6-2)30(25)22-39-15-13-28(14-16-39)48-35-21-34(46-4)29(20-31(35)38)36(43)40-17-11-27(12-18-40)41-33-10-8-7-9-26(33)23-47-37(41)44/h7-10,19-21,27-28H,5-6,11-18,22-23H2,1-4H3. The molecule has 48 heavy (non-hydrogen) atoms. The van der Waals surface area contributed by atoms with Crippen molar-refractivity contribution in [3.05, 3.63) is 87.1 Å². The molecule has 0 atom stereocenters. The summed E-state index contributed by atoms with van der Waals surface area (Å²) in [7, 11) is 1.46. The lowest BCUT2D eigenvalue weighted by molar-refractivity contribution is -0.621. The highest BCUT2D eigenvalue weighted by Gasteiger charge is 2.36. The van der Waals surface area contributed by atoms with Crippen molar-refractivity contribution in [2.45, 2.75) is 84.6 Å². The highest BCUT2D eigenvalue weighted by Crippen LogP contribution is 2.34. The maximum atomic E-state index is 15.5. The Bertz CT molecular complexity index is 1670. The van der Waals surface area contributed by atoms with Gasteiger partial charge in [0.05, 0.1) is 18.4 Å². The summed E-state index contributed by atoms with van der Waals surface area (Å²) in [5.74, 6) is -0.604. The minimum absolute atomic E-state index is 0.0651. The maximum absolute atomic E-state index is 15.5. The van der Waals surface area contributed by atoms with Gasteiger partial charge >= 0.3 is 6.09 Å². The van der Waals surface area contributed by atoms with E-state index in [0.717, 1.165) is 52.4 Å². The molecule has 256 valence electrons. The highest BCUT2D eigenvalue weighted by atomic mass is 19.1. The van der Waals surface area contributed by atoms with E-state index in [1.165, 1.54) is 24.8 Å². The molecule has 2 aromatic carbocycles. The van der Waals surface area contributed by atoms with Crippen LogP contribution in [0.5, 0.6) is 11.5 Å². The van der Waals surface area contributed by atoms with Gasteiger partial charge in [-0.05, 0) is 49.8 Å². The van der Waals surface area contributed by atoms with Crippen molar-refractivity contribution in [1.82, 2.24) is 9.80 Å². The summed E-state index contributed by atoms with van der Waals surface area (Å²) in [5.41, 5.74) is 5.83. The number of aryl methyl sites for hydroxylation is 2. The Morgan fingerprint density at radius 2 is 1.75 bits per heavy atom. The van der Waals surface area contributed by atoms with E-state index in [4.69, 9.17) is 14.2 Å². The molecule has 0 bridgehead atoms. The Hall–Kier alpha value is -4.38. The minimum atomic E-state index is -0.607. The van der Waals surface area contributed by atoms with Crippen LogP contribution in [0.25, 0.3) is 0 Å². The molecule has 4 heterocycles. The minimum Gasteiger partial charge on any atom is -0.618 e. The number of rotatable bonds is 9. The van der Waals surface area contributed by atoms with E-state index >= 15 is 4.39 Å². The van der Waals surface area contributed by atoms with Crippen LogP contribution in [0.4, 0.5) is 14.9 Å². The van der Waals surface area contributed by atoms with Crippen LogP contribution < -0.4 is 19.1 Å². The third-order valence-electron chi connectivity index (χ3n) is 10.0. The van der Waals surface area contributed by atoms with Crippen LogP contribution >= 0.6 is 0 Å². The predicted octanol–water partition coefficient (Wildman–Crippen LogP) is 5.71. The second-order valence-electron chi connectivity index (χ2n) is 12.9. The summed E-state index contributed by atoms with van der Waals surface area (Å²) in [5, 5.41) is 12.7. The van der Waals surface area contributed by atoms with Gasteiger partial charge in [-0.2, -0.15) is 4.73 Å².